The summed E-state index contributed by atoms with van der Waals surface area (Å²) in [6, 6.07) is 10.7. The molecule has 1 fully saturated rings. The smallest absolute Gasteiger partial charge is 0.339 e. The predicted octanol–water partition coefficient (Wildman–Crippen LogP) is 3.02. The third-order valence-electron chi connectivity index (χ3n) is 5.39. The number of hydrogen-bond donors (Lipinski definition) is 1. The van der Waals surface area contributed by atoms with Crippen LogP contribution in [0.2, 0.25) is 0 Å². The summed E-state index contributed by atoms with van der Waals surface area (Å²) in [4.78, 5) is 49.6. The average molecular weight is 441 g/mol. The van der Waals surface area contributed by atoms with E-state index in [1.54, 1.807) is 18.2 Å². The maximum Gasteiger partial charge on any atom is 0.339 e. The fraction of sp³-hybridized carbons (Fsp3) is 0.318. The van der Waals surface area contributed by atoms with Crippen LogP contribution in [-0.2, 0) is 14.3 Å². The number of esters is 2. The van der Waals surface area contributed by atoms with Crippen molar-refractivity contribution in [2.24, 2.45) is 5.92 Å². The van der Waals surface area contributed by atoms with Crippen molar-refractivity contribution in [3.63, 3.8) is 0 Å². The van der Waals surface area contributed by atoms with Gasteiger partial charge in [-0.1, -0.05) is 12.1 Å². The molecule has 168 valence electrons. The number of carbonyl (C=O) groups excluding carboxylic acids is 3. The minimum Gasteiger partial charge on any atom is -0.465 e. The van der Waals surface area contributed by atoms with Gasteiger partial charge in [-0.2, -0.15) is 0 Å². The van der Waals surface area contributed by atoms with Crippen molar-refractivity contribution in [2.45, 2.75) is 12.8 Å². The van der Waals surface area contributed by atoms with E-state index in [0.29, 0.717) is 31.6 Å². The van der Waals surface area contributed by atoms with Gasteiger partial charge >= 0.3 is 11.9 Å². The number of para-hydroxylation sites is 2. The molecule has 0 aromatic heterocycles. The fourth-order valence-electron chi connectivity index (χ4n) is 3.68. The number of nitrogens with zero attached hydrogens (tertiary/aromatic N) is 2. The summed E-state index contributed by atoms with van der Waals surface area (Å²) in [6.45, 7) is 0.935. The van der Waals surface area contributed by atoms with E-state index in [1.807, 2.05) is 4.90 Å². The first-order valence-electron chi connectivity index (χ1n) is 9.95. The lowest BCUT2D eigenvalue weighted by Gasteiger charge is -2.32. The summed E-state index contributed by atoms with van der Waals surface area (Å²) in [5, 5.41) is 14.0. The number of nitrogens with one attached hydrogen (secondary N) is 1. The number of carbonyl (C=O) groups is 3. The predicted molar refractivity (Wildman–Crippen MR) is 116 cm³/mol. The Kier molecular flexibility index (Phi) is 7.04. The molecule has 1 aliphatic heterocycles. The Labute approximate surface area is 184 Å². The molecule has 0 atom stereocenters. The normalized spacial score (nSPS) is 13.9. The number of rotatable bonds is 6. The number of nitro groups is 1. The highest BCUT2D eigenvalue weighted by atomic mass is 16.6. The summed E-state index contributed by atoms with van der Waals surface area (Å²) in [5.74, 6) is -1.92. The Morgan fingerprint density at radius 1 is 1.03 bits per heavy atom. The molecule has 32 heavy (non-hydrogen) atoms. The Balaban J connectivity index is 1.73. The number of methoxy groups -OCH3 is 2. The maximum absolute atomic E-state index is 12.9. The highest BCUT2D eigenvalue weighted by Crippen LogP contribution is 2.31. The second-order valence-corrected chi connectivity index (χ2v) is 7.24. The zero-order valence-corrected chi connectivity index (χ0v) is 17.7. The van der Waals surface area contributed by atoms with Crippen molar-refractivity contribution in [2.75, 3.05) is 37.5 Å². The summed E-state index contributed by atoms with van der Waals surface area (Å²) < 4.78 is 9.45. The van der Waals surface area contributed by atoms with Crippen LogP contribution in [-0.4, -0.2) is 50.1 Å². The van der Waals surface area contributed by atoms with Crippen LogP contribution in [0.3, 0.4) is 0 Å². The van der Waals surface area contributed by atoms with Gasteiger partial charge in [0.1, 0.15) is 5.69 Å². The first-order valence-corrected chi connectivity index (χ1v) is 9.95. The molecule has 0 aliphatic carbocycles. The van der Waals surface area contributed by atoms with E-state index in [4.69, 9.17) is 9.47 Å². The van der Waals surface area contributed by atoms with Gasteiger partial charge in [0.05, 0.1) is 36.0 Å². The van der Waals surface area contributed by atoms with Gasteiger partial charge in [-0.3, -0.25) is 14.9 Å². The van der Waals surface area contributed by atoms with Crippen molar-refractivity contribution < 1.29 is 28.8 Å². The summed E-state index contributed by atoms with van der Waals surface area (Å²) >= 11 is 0. The van der Waals surface area contributed by atoms with Gasteiger partial charge in [0, 0.05) is 25.1 Å². The lowest BCUT2D eigenvalue weighted by molar-refractivity contribution is -0.384. The molecule has 0 bridgehead atoms. The Hall–Kier alpha value is -3.95. The molecule has 0 unspecified atom stereocenters. The highest BCUT2D eigenvalue weighted by Gasteiger charge is 2.29. The molecule has 1 heterocycles. The van der Waals surface area contributed by atoms with E-state index >= 15 is 0 Å². The topological polar surface area (TPSA) is 128 Å². The van der Waals surface area contributed by atoms with Crippen LogP contribution >= 0.6 is 0 Å². The van der Waals surface area contributed by atoms with Crippen LogP contribution in [0, 0.1) is 16.0 Å². The first kappa shape index (κ1) is 22.7. The molecule has 10 nitrogen and oxygen atoms in total. The van der Waals surface area contributed by atoms with Crippen molar-refractivity contribution in [3.8, 4) is 0 Å². The lowest BCUT2D eigenvalue weighted by Crippen LogP contribution is -2.38. The molecule has 1 saturated heterocycles. The van der Waals surface area contributed by atoms with Crippen molar-refractivity contribution >= 4 is 34.9 Å². The second-order valence-electron chi connectivity index (χ2n) is 7.24. The van der Waals surface area contributed by atoms with Crippen molar-refractivity contribution in [1.82, 2.24) is 0 Å². The highest BCUT2D eigenvalue weighted by molar-refractivity contribution is 6.04. The Morgan fingerprint density at radius 3 is 2.31 bits per heavy atom. The summed E-state index contributed by atoms with van der Waals surface area (Å²) in [5.41, 5.74) is 1.01. The molecule has 2 aromatic carbocycles. The maximum atomic E-state index is 12.9. The molecule has 3 rings (SSSR count). The average Bonchev–Trinajstić information content (AvgIpc) is 2.83. The van der Waals surface area contributed by atoms with Crippen LogP contribution in [0.5, 0.6) is 0 Å². The van der Waals surface area contributed by atoms with E-state index in [9.17, 15) is 24.5 Å². The summed E-state index contributed by atoms with van der Waals surface area (Å²) in [7, 11) is 2.46. The quantitative estimate of drug-likeness (QED) is 0.412. The molecule has 2 aromatic rings. The molecular weight excluding hydrogens is 418 g/mol. The Bertz CT molecular complexity index is 1050. The third kappa shape index (κ3) is 4.85. The number of nitro benzene ring substituents is 1. The van der Waals surface area contributed by atoms with Crippen molar-refractivity contribution in [3.05, 3.63) is 63.7 Å². The number of benzene rings is 2. The molecule has 1 aliphatic rings. The number of ether oxygens (including phenoxy) is 2. The minimum atomic E-state index is -0.650. The van der Waals surface area contributed by atoms with E-state index in [1.165, 1.54) is 38.5 Å². The van der Waals surface area contributed by atoms with Crippen LogP contribution in [0.1, 0.15) is 33.6 Å². The molecular formula is C22H23N3O7. The number of amides is 1. The first-order chi connectivity index (χ1) is 15.3. The zero-order valence-electron chi connectivity index (χ0n) is 17.7. The van der Waals surface area contributed by atoms with Gasteiger partial charge in [-0.15, -0.1) is 0 Å². The molecule has 1 amide bonds. The molecule has 0 spiro atoms. The fourth-order valence-corrected chi connectivity index (χ4v) is 3.68. The molecule has 10 heteroatoms. The van der Waals surface area contributed by atoms with E-state index in [-0.39, 0.29) is 34.3 Å². The lowest BCUT2D eigenvalue weighted by atomic mass is 9.95. The van der Waals surface area contributed by atoms with Crippen LogP contribution in [0.25, 0.3) is 0 Å². The number of piperidine rings is 1. The van der Waals surface area contributed by atoms with Gasteiger partial charge < -0.3 is 19.7 Å². The number of hydrogen-bond acceptors (Lipinski definition) is 8. The van der Waals surface area contributed by atoms with Crippen LogP contribution < -0.4 is 10.2 Å². The van der Waals surface area contributed by atoms with Gasteiger partial charge in [-0.05, 0) is 37.1 Å². The van der Waals surface area contributed by atoms with Gasteiger partial charge in [0.15, 0.2) is 0 Å². The van der Waals surface area contributed by atoms with Crippen molar-refractivity contribution in [1.29, 1.82) is 0 Å². The van der Waals surface area contributed by atoms with E-state index in [0.717, 1.165) is 0 Å². The van der Waals surface area contributed by atoms with Gasteiger partial charge in [0.25, 0.3) is 5.69 Å². The molecule has 1 N–H and O–H groups in total. The molecule has 0 saturated carbocycles. The monoisotopic (exact) mass is 441 g/mol. The zero-order chi connectivity index (χ0) is 23.3. The Morgan fingerprint density at radius 2 is 1.69 bits per heavy atom. The second kappa shape index (κ2) is 9.90. The third-order valence-corrected chi connectivity index (χ3v) is 5.39. The van der Waals surface area contributed by atoms with E-state index in [2.05, 4.69) is 5.32 Å². The standard InChI is InChI=1S/C22H23N3O7/c1-31-21(27)15-7-8-16(22(28)32-2)17(13-15)23-20(26)14-9-11-24(12-10-14)18-5-3-4-6-19(18)25(29)30/h3-8,13-14H,9-12H2,1-2H3,(H,23,26). The SMILES string of the molecule is COC(=O)c1ccc(C(=O)OC)c(NC(=O)C2CCN(c3ccccc3[N+](=O)[O-])CC2)c1. The molecule has 0 radical (unpaired) electrons. The van der Waals surface area contributed by atoms with Gasteiger partial charge in [-0.25, -0.2) is 9.59 Å². The van der Waals surface area contributed by atoms with Gasteiger partial charge in [0.2, 0.25) is 5.91 Å². The largest absolute Gasteiger partial charge is 0.465 e. The number of anilines is 2. The minimum absolute atomic E-state index is 0.0257. The summed E-state index contributed by atoms with van der Waals surface area (Å²) in [6.07, 6.45) is 0.949. The van der Waals surface area contributed by atoms with Crippen LogP contribution in [0.15, 0.2) is 42.5 Å². The van der Waals surface area contributed by atoms with E-state index < -0.39 is 16.9 Å². The van der Waals surface area contributed by atoms with Crippen LogP contribution in [0.4, 0.5) is 17.1 Å².